The molecule has 0 aliphatic heterocycles. The van der Waals surface area contributed by atoms with Crippen LogP contribution in [0.15, 0.2) is 39.7 Å². The third-order valence-electron chi connectivity index (χ3n) is 3.61. The maximum absolute atomic E-state index is 5.66. The lowest BCUT2D eigenvalue weighted by molar-refractivity contribution is 0.336. The number of para-hydroxylation sites is 1. The third-order valence-corrected chi connectivity index (χ3v) is 3.61. The molecule has 0 fully saturated rings. The van der Waals surface area contributed by atoms with Gasteiger partial charge in [0.25, 0.3) is 0 Å². The minimum Gasteiger partial charge on any atom is -0.494 e. The second-order valence-electron chi connectivity index (χ2n) is 5.53. The van der Waals surface area contributed by atoms with Crippen LogP contribution in [0.2, 0.25) is 0 Å². The van der Waals surface area contributed by atoms with Crippen molar-refractivity contribution in [3.8, 4) is 5.75 Å². The molecular weight excluding hydrogens is 429 g/mol. The number of hydrogen-bond acceptors (Lipinski definition) is 3. The molecule has 2 rings (SSSR count). The molecule has 2 aromatic rings. The number of aliphatic imine (C=N–C) groups is 1. The van der Waals surface area contributed by atoms with Gasteiger partial charge in [-0.15, -0.1) is 24.0 Å². The van der Waals surface area contributed by atoms with Gasteiger partial charge in [0.15, 0.2) is 5.96 Å². The van der Waals surface area contributed by atoms with Crippen LogP contribution in [0.25, 0.3) is 0 Å². The van der Waals surface area contributed by atoms with E-state index in [2.05, 4.69) is 28.6 Å². The van der Waals surface area contributed by atoms with E-state index in [0.29, 0.717) is 19.7 Å². The van der Waals surface area contributed by atoms with Gasteiger partial charge in [-0.05, 0) is 39.8 Å². The Labute approximate surface area is 167 Å². The first-order valence-corrected chi connectivity index (χ1v) is 8.42. The largest absolute Gasteiger partial charge is 0.494 e. The molecule has 0 bridgehead atoms. The van der Waals surface area contributed by atoms with Gasteiger partial charge in [-0.3, -0.25) is 0 Å². The molecule has 5 nitrogen and oxygen atoms in total. The number of nitrogens with zero attached hydrogens (tertiary/aromatic N) is 1. The van der Waals surface area contributed by atoms with Crippen LogP contribution in [-0.4, -0.2) is 19.1 Å². The molecule has 0 unspecified atom stereocenters. The summed E-state index contributed by atoms with van der Waals surface area (Å²) in [5, 5.41) is 6.63. The van der Waals surface area contributed by atoms with Crippen molar-refractivity contribution in [3.05, 3.63) is 53.0 Å². The molecule has 1 heterocycles. The predicted molar refractivity (Wildman–Crippen MR) is 113 cm³/mol. The summed E-state index contributed by atoms with van der Waals surface area (Å²) in [7, 11) is 0. The Hall–Kier alpha value is -1.70. The van der Waals surface area contributed by atoms with E-state index in [9.17, 15) is 0 Å². The SMILES string of the molecule is CCNC(=NCc1cc(C)oc1C)NCc1ccccc1OCC.I. The van der Waals surface area contributed by atoms with E-state index in [1.807, 2.05) is 45.0 Å². The lowest BCUT2D eigenvalue weighted by Crippen LogP contribution is -2.36. The topological polar surface area (TPSA) is 58.8 Å². The molecule has 2 N–H and O–H groups in total. The van der Waals surface area contributed by atoms with Gasteiger partial charge in [0.05, 0.1) is 13.2 Å². The zero-order valence-electron chi connectivity index (χ0n) is 15.4. The highest BCUT2D eigenvalue weighted by atomic mass is 127. The number of nitrogens with one attached hydrogen (secondary N) is 2. The van der Waals surface area contributed by atoms with Crippen LogP contribution >= 0.6 is 24.0 Å². The smallest absolute Gasteiger partial charge is 0.191 e. The lowest BCUT2D eigenvalue weighted by Gasteiger charge is -2.14. The van der Waals surface area contributed by atoms with Gasteiger partial charge in [0, 0.05) is 24.2 Å². The molecule has 138 valence electrons. The fourth-order valence-corrected chi connectivity index (χ4v) is 2.47. The van der Waals surface area contributed by atoms with Crippen LogP contribution in [0.4, 0.5) is 0 Å². The summed E-state index contributed by atoms with van der Waals surface area (Å²) in [6.07, 6.45) is 0. The quantitative estimate of drug-likeness (QED) is 0.372. The predicted octanol–water partition coefficient (Wildman–Crippen LogP) is 4.17. The Morgan fingerprint density at radius 3 is 2.52 bits per heavy atom. The number of rotatable bonds is 7. The zero-order chi connectivity index (χ0) is 17.4. The normalized spacial score (nSPS) is 11.0. The number of furan rings is 1. The Bertz CT molecular complexity index is 683. The zero-order valence-corrected chi connectivity index (χ0v) is 17.7. The first-order valence-electron chi connectivity index (χ1n) is 8.42. The molecular formula is C19H28IN3O2. The Morgan fingerprint density at radius 1 is 1.12 bits per heavy atom. The minimum absolute atomic E-state index is 0. The summed E-state index contributed by atoms with van der Waals surface area (Å²) in [6, 6.07) is 10.1. The Kier molecular flexibility index (Phi) is 9.41. The number of guanidine groups is 1. The highest BCUT2D eigenvalue weighted by Crippen LogP contribution is 2.17. The second-order valence-corrected chi connectivity index (χ2v) is 5.53. The summed E-state index contributed by atoms with van der Waals surface area (Å²) in [4.78, 5) is 4.64. The molecule has 6 heteroatoms. The number of halogens is 1. The number of aryl methyl sites for hydroxylation is 2. The monoisotopic (exact) mass is 457 g/mol. The van der Waals surface area contributed by atoms with Crippen molar-refractivity contribution in [1.29, 1.82) is 0 Å². The summed E-state index contributed by atoms with van der Waals surface area (Å²) < 4.78 is 11.2. The van der Waals surface area contributed by atoms with Crippen molar-refractivity contribution in [2.24, 2.45) is 4.99 Å². The van der Waals surface area contributed by atoms with Crippen molar-refractivity contribution >= 4 is 29.9 Å². The third kappa shape index (κ3) is 6.61. The van der Waals surface area contributed by atoms with E-state index in [-0.39, 0.29) is 24.0 Å². The van der Waals surface area contributed by atoms with Crippen LogP contribution < -0.4 is 15.4 Å². The van der Waals surface area contributed by atoms with E-state index in [0.717, 1.165) is 40.9 Å². The Morgan fingerprint density at radius 2 is 1.88 bits per heavy atom. The van der Waals surface area contributed by atoms with Gasteiger partial charge >= 0.3 is 0 Å². The van der Waals surface area contributed by atoms with E-state index in [4.69, 9.17) is 9.15 Å². The standard InChI is InChI=1S/C19H27N3O2.HI/c1-5-20-19(22-13-17-11-14(3)24-15(17)4)21-12-16-9-7-8-10-18(16)23-6-2;/h7-11H,5-6,12-13H2,1-4H3,(H2,20,21,22);1H. The van der Waals surface area contributed by atoms with Crippen molar-refractivity contribution in [1.82, 2.24) is 10.6 Å². The number of benzene rings is 1. The fraction of sp³-hybridized carbons (Fsp3) is 0.421. The lowest BCUT2D eigenvalue weighted by atomic mass is 10.2. The number of hydrogen-bond donors (Lipinski definition) is 2. The van der Waals surface area contributed by atoms with E-state index >= 15 is 0 Å². The summed E-state index contributed by atoms with van der Waals surface area (Å²) in [6.45, 7) is 10.7. The van der Waals surface area contributed by atoms with E-state index in [1.165, 1.54) is 0 Å². The van der Waals surface area contributed by atoms with Crippen molar-refractivity contribution < 1.29 is 9.15 Å². The van der Waals surface area contributed by atoms with Crippen LogP contribution in [0.1, 0.15) is 36.5 Å². The first-order chi connectivity index (χ1) is 11.6. The maximum atomic E-state index is 5.66. The van der Waals surface area contributed by atoms with Crippen LogP contribution in [-0.2, 0) is 13.1 Å². The molecule has 0 atom stereocenters. The van der Waals surface area contributed by atoms with Gasteiger partial charge in [0.2, 0.25) is 0 Å². The molecule has 0 amide bonds. The van der Waals surface area contributed by atoms with Crippen molar-refractivity contribution in [3.63, 3.8) is 0 Å². The molecule has 1 aromatic heterocycles. The first kappa shape index (κ1) is 21.3. The van der Waals surface area contributed by atoms with Gasteiger partial charge in [-0.25, -0.2) is 4.99 Å². The minimum atomic E-state index is 0. The highest BCUT2D eigenvalue weighted by molar-refractivity contribution is 14.0. The summed E-state index contributed by atoms with van der Waals surface area (Å²) >= 11 is 0. The molecule has 0 aliphatic rings. The highest BCUT2D eigenvalue weighted by Gasteiger charge is 2.06. The summed E-state index contributed by atoms with van der Waals surface area (Å²) in [5.41, 5.74) is 2.22. The molecule has 0 aliphatic carbocycles. The molecule has 0 spiro atoms. The fourth-order valence-electron chi connectivity index (χ4n) is 2.47. The van der Waals surface area contributed by atoms with Crippen LogP contribution in [0.3, 0.4) is 0 Å². The van der Waals surface area contributed by atoms with Crippen molar-refractivity contribution in [2.75, 3.05) is 13.2 Å². The second kappa shape index (κ2) is 11.0. The molecule has 1 aromatic carbocycles. The van der Waals surface area contributed by atoms with Gasteiger partial charge in [-0.2, -0.15) is 0 Å². The van der Waals surface area contributed by atoms with E-state index in [1.54, 1.807) is 0 Å². The van der Waals surface area contributed by atoms with Crippen molar-refractivity contribution in [2.45, 2.75) is 40.8 Å². The molecule has 0 saturated carbocycles. The summed E-state index contributed by atoms with van der Waals surface area (Å²) in [5.74, 6) is 3.53. The van der Waals surface area contributed by atoms with Crippen LogP contribution in [0, 0.1) is 13.8 Å². The Balaban J connectivity index is 0.00000312. The number of ether oxygens (including phenoxy) is 1. The average molecular weight is 457 g/mol. The maximum Gasteiger partial charge on any atom is 0.191 e. The average Bonchev–Trinajstić information content (AvgIpc) is 2.89. The molecule has 0 saturated heterocycles. The molecule has 25 heavy (non-hydrogen) atoms. The van der Waals surface area contributed by atoms with Gasteiger partial charge in [0.1, 0.15) is 17.3 Å². The van der Waals surface area contributed by atoms with Gasteiger partial charge in [-0.1, -0.05) is 18.2 Å². The van der Waals surface area contributed by atoms with Gasteiger partial charge < -0.3 is 19.8 Å². The van der Waals surface area contributed by atoms with E-state index < -0.39 is 0 Å². The van der Waals surface area contributed by atoms with Crippen LogP contribution in [0.5, 0.6) is 5.75 Å². The molecule has 0 radical (unpaired) electrons.